The van der Waals surface area contributed by atoms with Crippen LogP contribution >= 0.6 is 11.6 Å². The third-order valence-electron chi connectivity index (χ3n) is 2.63. The van der Waals surface area contributed by atoms with Crippen LogP contribution in [0.4, 0.5) is 5.82 Å². The molecule has 0 saturated carbocycles. The number of carbonyl (C=O) groups excluding carboxylic acids is 1. The van der Waals surface area contributed by atoms with Gasteiger partial charge < -0.3 is 10.6 Å². The molecule has 1 amide bonds. The smallest absolute Gasteiger partial charge is 0.271 e. The summed E-state index contributed by atoms with van der Waals surface area (Å²) in [4.78, 5) is 16.0. The summed E-state index contributed by atoms with van der Waals surface area (Å²) in [5.74, 6) is 0.420. The molecule has 0 unspecified atom stereocenters. The van der Waals surface area contributed by atoms with Crippen LogP contribution in [0.25, 0.3) is 0 Å². The Morgan fingerprint density at radius 3 is 2.78 bits per heavy atom. The Balaban J connectivity index is 2.50. The summed E-state index contributed by atoms with van der Waals surface area (Å²) in [7, 11) is 1.75. The molecule has 0 aromatic carbocycles. The number of nitrogens with zero attached hydrogens (tertiary/aromatic N) is 1. The van der Waals surface area contributed by atoms with Crippen molar-refractivity contribution in [1.82, 2.24) is 10.3 Å². The number of anilines is 1. The van der Waals surface area contributed by atoms with Gasteiger partial charge in [0.15, 0.2) is 0 Å². The number of rotatable bonds is 7. The molecule has 0 aliphatic rings. The lowest BCUT2D eigenvalue weighted by Crippen LogP contribution is -2.25. The Labute approximate surface area is 113 Å². The predicted molar refractivity (Wildman–Crippen MR) is 75.3 cm³/mol. The van der Waals surface area contributed by atoms with E-state index in [9.17, 15) is 4.79 Å². The minimum Gasteiger partial charge on any atom is -0.373 e. The summed E-state index contributed by atoms with van der Waals surface area (Å²) in [6, 6.07) is 3.41. The number of hydrogen-bond acceptors (Lipinski definition) is 3. The predicted octanol–water partition coefficient (Wildman–Crippen LogP) is 3.09. The number of carbonyl (C=O) groups is 1. The van der Waals surface area contributed by atoms with E-state index in [-0.39, 0.29) is 11.6 Å². The summed E-state index contributed by atoms with van der Waals surface area (Å²) >= 11 is 5.96. The molecule has 1 heterocycles. The van der Waals surface area contributed by atoms with Crippen LogP contribution in [0.15, 0.2) is 12.1 Å². The van der Waals surface area contributed by atoms with Gasteiger partial charge in [-0.1, -0.05) is 37.8 Å². The van der Waals surface area contributed by atoms with Gasteiger partial charge in [-0.3, -0.25) is 4.79 Å². The summed E-state index contributed by atoms with van der Waals surface area (Å²) < 4.78 is 0. The number of aromatic nitrogens is 1. The Hall–Kier alpha value is -1.29. The molecule has 0 bridgehead atoms. The Bertz CT molecular complexity index is 396. The van der Waals surface area contributed by atoms with Crippen LogP contribution in [-0.2, 0) is 0 Å². The summed E-state index contributed by atoms with van der Waals surface area (Å²) in [5, 5.41) is 6.10. The molecule has 1 aromatic heterocycles. The van der Waals surface area contributed by atoms with Crippen molar-refractivity contribution in [2.45, 2.75) is 32.6 Å². The quantitative estimate of drug-likeness (QED) is 0.748. The van der Waals surface area contributed by atoms with E-state index in [1.807, 2.05) is 0 Å². The third kappa shape index (κ3) is 4.53. The van der Waals surface area contributed by atoms with E-state index < -0.39 is 0 Å². The Morgan fingerprint density at radius 2 is 2.11 bits per heavy atom. The first-order valence-electron chi connectivity index (χ1n) is 6.31. The lowest BCUT2D eigenvalue weighted by molar-refractivity contribution is 0.0948. The normalized spacial score (nSPS) is 10.2. The van der Waals surface area contributed by atoms with E-state index in [1.165, 1.54) is 12.8 Å². The minimum absolute atomic E-state index is 0.214. The molecule has 0 aliphatic carbocycles. The van der Waals surface area contributed by atoms with Crippen molar-refractivity contribution in [3.63, 3.8) is 0 Å². The maximum absolute atomic E-state index is 11.9. The fraction of sp³-hybridized carbons (Fsp3) is 0.538. The zero-order chi connectivity index (χ0) is 13.4. The van der Waals surface area contributed by atoms with Gasteiger partial charge in [-0.2, -0.15) is 0 Å². The second kappa shape index (κ2) is 7.93. The molecule has 0 fully saturated rings. The third-order valence-corrected chi connectivity index (χ3v) is 2.94. The molecule has 5 heteroatoms. The molecule has 0 aliphatic heterocycles. The number of amides is 1. The van der Waals surface area contributed by atoms with Gasteiger partial charge in [-0.05, 0) is 18.6 Å². The average Bonchev–Trinajstić information content (AvgIpc) is 2.39. The molecule has 4 nitrogen and oxygen atoms in total. The summed E-state index contributed by atoms with van der Waals surface area (Å²) in [5.41, 5.74) is 0.277. The number of unbranched alkanes of at least 4 members (excludes halogenated alkanes) is 3. The topological polar surface area (TPSA) is 54.0 Å². The van der Waals surface area contributed by atoms with Crippen LogP contribution in [0.5, 0.6) is 0 Å². The van der Waals surface area contributed by atoms with E-state index in [0.717, 1.165) is 12.8 Å². The largest absolute Gasteiger partial charge is 0.373 e. The number of pyridine rings is 1. The first kappa shape index (κ1) is 14.8. The van der Waals surface area contributed by atoms with Gasteiger partial charge in [0.25, 0.3) is 5.91 Å². The Morgan fingerprint density at radius 1 is 1.33 bits per heavy atom. The maximum atomic E-state index is 11.9. The van der Waals surface area contributed by atoms with E-state index in [0.29, 0.717) is 17.4 Å². The van der Waals surface area contributed by atoms with Gasteiger partial charge in [0.1, 0.15) is 11.5 Å². The molecule has 0 atom stereocenters. The molecule has 100 valence electrons. The van der Waals surface area contributed by atoms with E-state index >= 15 is 0 Å². The van der Waals surface area contributed by atoms with Gasteiger partial charge >= 0.3 is 0 Å². The second-order valence-corrected chi connectivity index (χ2v) is 4.50. The van der Waals surface area contributed by atoms with Crippen molar-refractivity contribution in [2.75, 3.05) is 18.9 Å². The maximum Gasteiger partial charge on any atom is 0.271 e. The van der Waals surface area contributed by atoms with E-state index in [2.05, 4.69) is 22.5 Å². The van der Waals surface area contributed by atoms with Crippen molar-refractivity contribution >= 4 is 23.3 Å². The monoisotopic (exact) mass is 269 g/mol. The molecular formula is C13H20ClN3O. The Kier molecular flexibility index (Phi) is 6.50. The van der Waals surface area contributed by atoms with Crippen LogP contribution in [0.2, 0.25) is 5.02 Å². The molecule has 1 rings (SSSR count). The zero-order valence-electron chi connectivity index (χ0n) is 10.9. The lowest BCUT2D eigenvalue weighted by atomic mass is 10.2. The molecule has 1 aromatic rings. The highest BCUT2D eigenvalue weighted by molar-refractivity contribution is 6.33. The first-order valence-corrected chi connectivity index (χ1v) is 6.69. The van der Waals surface area contributed by atoms with Crippen LogP contribution < -0.4 is 10.6 Å². The molecule has 2 N–H and O–H groups in total. The van der Waals surface area contributed by atoms with Crippen LogP contribution in [0.1, 0.15) is 43.1 Å². The fourth-order valence-corrected chi connectivity index (χ4v) is 1.77. The number of nitrogens with one attached hydrogen (secondary N) is 2. The van der Waals surface area contributed by atoms with Gasteiger partial charge in [-0.25, -0.2) is 4.98 Å². The summed E-state index contributed by atoms with van der Waals surface area (Å²) in [6.45, 7) is 2.83. The molecule has 18 heavy (non-hydrogen) atoms. The van der Waals surface area contributed by atoms with Crippen molar-refractivity contribution < 1.29 is 4.79 Å². The van der Waals surface area contributed by atoms with Crippen molar-refractivity contribution in [3.8, 4) is 0 Å². The van der Waals surface area contributed by atoms with Gasteiger partial charge in [0.2, 0.25) is 0 Å². The molecule has 0 spiro atoms. The van der Waals surface area contributed by atoms with Crippen LogP contribution in [-0.4, -0.2) is 24.5 Å². The van der Waals surface area contributed by atoms with E-state index in [1.54, 1.807) is 19.2 Å². The molecule has 0 radical (unpaired) electrons. The van der Waals surface area contributed by atoms with E-state index in [4.69, 9.17) is 11.6 Å². The zero-order valence-corrected chi connectivity index (χ0v) is 11.7. The minimum atomic E-state index is -0.214. The SMILES string of the molecule is CCCCCCNC(=O)c1nc(NC)ccc1Cl. The van der Waals surface area contributed by atoms with Crippen molar-refractivity contribution in [3.05, 3.63) is 22.8 Å². The van der Waals surface area contributed by atoms with Crippen molar-refractivity contribution in [1.29, 1.82) is 0 Å². The highest BCUT2D eigenvalue weighted by atomic mass is 35.5. The van der Waals surface area contributed by atoms with Gasteiger partial charge in [-0.15, -0.1) is 0 Å². The fourth-order valence-electron chi connectivity index (χ4n) is 1.58. The molecular weight excluding hydrogens is 250 g/mol. The summed E-state index contributed by atoms with van der Waals surface area (Å²) in [6.07, 6.45) is 4.51. The molecule has 0 saturated heterocycles. The number of hydrogen-bond donors (Lipinski definition) is 2. The standard InChI is InChI=1S/C13H20ClN3O/c1-3-4-5-6-9-16-13(18)12-10(14)7-8-11(15-2)17-12/h7-8H,3-6,9H2,1-2H3,(H,15,17)(H,16,18). The van der Waals surface area contributed by atoms with Crippen LogP contribution in [0, 0.1) is 0 Å². The lowest BCUT2D eigenvalue weighted by Gasteiger charge is -2.07. The average molecular weight is 270 g/mol. The van der Waals surface area contributed by atoms with Crippen molar-refractivity contribution in [2.24, 2.45) is 0 Å². The van der Waals surface area contributed by atoms with Gasteiger partial charge in [0.05, 0.1) is 5.02 Å². The highest BCUT2D eigenvalue weighted by Gasteiger charge is 2.12. The van der Waals surface area contributed by atoms with Crippen LogP contribution in [0.3, 0.4) is 0 Å². The second-order valence-electron chi connectivity index (χ2n) is 4.09. The highest BCUT2D eigenvalue weighted by Crippen LogP contribution is 2.16. The number of halogens is 1. The van der Waals surface area contributed by atoms with Gasteiger partial charge in [0, 0.05) is 13.6 Å². The first-order chi connectivity index (χ1) is 8.69.